The summed E-state index contributed by atoms with van der Waals surface area (Å²) in [7, 11) is -4.12. The van der Waals surface area contributed by atoms with Crippen LogP contribution in [0.3, 0.4) is 0 Å². The van der Waals surface area contributed by atoms with Gasteiger partial charge in [0.15, 0.2) is 0 Å². The molecule has 1 rings (SSSR count). The van der Waals surface area contributed by atoms with Crippen LogP contribution in [0.4, 0.5) is 13.2 Å². The molecular formula is C7H5F3NO2S. The van der Waals surface area contributed by atoms with Gasteiger partial charge in [-0.15, -0.1) is 0 Å². The summed E-state index contributed by atoms with van der Waals surface area (Å²) < 4.78 is 57.7. The van der Waals surface area contributed by atoms with Crippen molar-refractivity contribution in [2.75, 3.05) is 0 Å². The number of primary sulfonamides is 1. The van der Waals surface area contributed by atoms with Crippen molar-refractivity contribution in [3.63, 3.8) is 0 Å². The van der Waals surface area contributed by atoms with Crippen LogP contribution in [-0.4, -0.2) is 8.42 Å². The first-order valence-corrected chi connectivity index (χ1v) is 4.87. The number of benzene rings is 1. The van der Waals surface area contributed by atoms with Crippen molar-refractivity contribution in [2.45, 2.75) is 11.1 Å². The number of hydrogen-bond donors (Lipinski definition) is 1. The number of halogens is 3. The summed E-state index contributed by atoms with van der Waals surface area (Å²) in [6.45, 7) is 0. The van der Waals surface area contributed by atoms with Gasteiger partial charge >= 0.3 is 6.18 Å². The largest absolute Gasteiger partial charge is 0.416 e. The molecule has 0 amide bonds. The van der Waals surface area contributed by atoms with Crippen molar-refractivity contribution < 1.29 is 21.6 Å². The number of hydrogen-bond acceptors (Lipinski definition) is 2. The lowest BCUT2D eigenvalue weighted by atomic mass is 10.2. The average Bonchev–Trinajstić information content (AvgIpc) is 2.01. The lowest BCUT2D eigenvalue weighted by Crippen LogP contribution is -2.14. The molecule has 0 aliphatic carbocycles. The summed E-state index contributed by atoms with van der Waals surface area (Å²) >= 11 is 0. The van der Waals surface area contributed by atoms with Gasteiger partial charge < -0.3 is 0 Å². The van der Waals surface area contributed by atoms with E-state index in [4.69, 9.17) is 0 Å². The smallest absolute Gasteiger partial charge is 0.225 e. The Hall–Kier alpha value is -1.08. The Morgan fingerprint density at radius 2 is 1.86 bits per heavy atom. The van der Waals surface area contributed by atoms with Crippen LogP contribution < -0.4 is 5.14 Å². The second-order valence-electron chi connectivity index (χ2n) is 2.50. The van der Waals surface area contributed by atoms with Crippen LogP contribution in [-0.2, 0) is 16.2 Å². The first-order chi connectivity index (χ1) is 6.21. The fourth-order valence-corrected chi connectivity index (χ4v) is 1.30. The van der Waals surface area contributed by atoms with E-state index in [1.165, 1.54) is 0 Å². The van der Waals surface area contributed by atoms with Crippen molar-refractivity contribution in [2.24, 2.45) is 5.14 Å². The van der Waals surface area contributed by atoms with Crippen LogP contribution in [0.5, 0.6) is 0 Å². The van der Waals surface area contributed by atoms with Crippen LogP contribution in [0, 0.1) is 6.07 Å². The molecule has 0 spiro atoms. The summed E-state index contributed by atoms with van der Waals surface area (Å²) in [5.41, 5.74) is -1.09. The molecule has 7 heteroatoms. The van der Waals surface area contributed by atoms with Gasteiger partial charge in [-0.1, -0.05) is 0 Å². The molecule has 2 N–H and O–H groups in total. The van der Waals surface area contributed by atoms with Gasteiger partial charge in [0.25, 0.3) is 0 Å². The molecule has 1 aromatic carbocycles. The zero-order valence-corrected chi connectivity index (χ0v) is 7.48. The average molecular weight is 224 g/mol. The maximum absolute atomic E-state index is 12.1. The van der Waals surface area contributed by atoms with Gasteiger partial charge in [0.05, 0.1) is 10.5 Å². The first-order valence-electron chi connectivity index (χ1n) is 3.32. The predicted octanol–water partition coefficient (Wildman–Crippen LogP) is 1.15. The molecular weight excluding hydrogens is 219 g/mol. The van der Waals surface area contributed by atoms with Gasteiger partial charge in [0, 0.05) is 0 Å². The summed E-state index contributed by atoms with van der Waals surface area (Å²) in [6.07, 6.45) is -4.60. The van der Waals surface area contributed by atoms with Crippen molar-refractivity contribution in [1.82, 2.24) is 0 Å². The highest BCUT2D eigenvalue weighted by Crippen LogP contribution is 2.29. The lowest BCUT2D eigenvalue weighted by molar-refractivity contribution is -0.137. The van der Waals surface area contributed by atoms with Crippen molar-refractivity contribution >= 4 is 10.0 Å². The van der Waals surface area contributed by atoms with E-state index in [2.05, 4.69) is 11.2 Å². The van der Waals surface area contributed by atoms with E-state index >= 15 is 0 Å². The molecule has 0 unspecified atom stereocenters. The van der Waals surface area contributed by atoms with Crippen LogP contribution >= 0.6 is 0 Å². The Balaban J connectivity index is 3.29. The molecule has 1 radical (unpaired) electrons. The van der Waals surface area contributed by atoms with Gasteiger partial charge in [-0.25, -0.2) is 13.6 Å². The number of rotatable bonds is 1. The molecule has 0 aromatic heterocycles. The van der Waals surface area contributed by atoms with Crippen LogP contribution in [0.15, 0.2) is 23.1 Å². The predicted molar refractivity (Wildman–Crippen MR) is 41.7 cm³/mol. The maximum atomic E-state index is 12.1. The van der Waals surface area contributed by atoms with E-state index < -0.39 is 26.7 Å². The standard InChI is InChI=1S/C7H5F3NO2S/c8-7(9,10)5-2-1-3-6(4-5)14(11,12)13/h2-4H,(H2,11,12,13). The molecule has 77 valence electrons. The highest BCUT2D eigenvalue weighted by atomic mass is 32.2. The fraction of sp³-hybridized carbons (Fsp3) is 0.143. The molecule has 3 nitrogen and oxygen atoms in total. The third-order valence-electron chi connectivity index (χ3n) is 1.42. The third-order valence-corrected chi connectivity index (χ3v) is 2.31. The second-order valence-corrected chi connectivity index (χ2v) is 4.06. The van der Waals surface area contributed by atoms with Crippen LogP contribution in [0.1, 0.15) is 5.56 Å². The van der Waals surface area contributed by atoms with E-state index in [9.17, 15) is 21.6 Å². The Morgan fingerprint density at radius 1 is 1.29 bits per heavy atom. The molecule has 0 atom stereocenters. The Kier molecular flexibility index (Phi) is 2.55. The molecule has 14 heavy (non-hydrogen) atoms. The zero-order chi connectivity index (χ0) is 11.0. The van der Waals surface area contributed by atoms with Gasteiger partial charge in [0.1, 0.15) is 0 Å². The number of nitrogens with two attached hydrogens (primary N) is 1. The quantitative estimate of drug-likeness (QED) is 0.777. The Labute approximate surface area is 78.4 Å². The lowest BCUT2D eigenvalue weighted by Gasteiger charge is -2.06. The van der Waals surface area contributed by atoms with Crippen molar-refractivity contribution in [3.05, 3.63) is 29.8 Å². The van der Waals surface area contributed by atoms with Gasteiger partial charge in [0.2, 0.25) is 10.0 Å². The highest BCUT2D eigenvalue weighted by molar-refractivity contribution is 7.89. The van der Waals surface area contributed by atoms with Crippen LogP contribution in [0.25, 0.3) is 0 Å². The number of alkyl halides is 3. The van der Waals surface area contributed by atoms with Crippen molar-refractivity contribution in [1.29, 1.82) is 0 Å². The molecule has 0 saturated carbocycles. The van der Waals surface area contributed by atoms with Gasteiger partial charge in [-0.05, 0) is 24.3 Å². The van der Waals surface area contributed by atoms with Gasteiger partial charge in [-0.2, -0.15) is 13.2 Å². The second kappa shape index (κ2) is 3.25. The minimum atomic E-state index is -4.60. The molecule has 0 saturated heterocycles. The van der Waals surface area contributed by atoms with Crippen LogP contribution in [0.2, 0.25) is 0 Å². The topological polar surface area (TPSA) is 60.2 Å². The van der Waals surface area contributed by atoms with E-state index in [1.54, 1.807) is 0 Å². The van der Waals surface area contributed by atoms with E-state index in [-0.39, 0.29) is 0 Å². The molecule has 0 aliphatic rings. The van der Waals surface area contributed by atoms with Gasteiger partial charge in [-0.3, -0.25) is 0 Å². The summed E-state index contributed by atoms with van der Waals surface area (Å²) in [6, 6.07) is 4.05. The Bertz CT molecular complexity index is 438. The van der Waals surface area contributed by atoms with Crippen molar-refractivity contribution in [3.8, 4) is 0 Å². The highest BCUT2D eigenvalue weighted by Gasteiger charge is 2.31. The Morgan fingerprint density at radius 3 is 2.29 bits per heavy atom. The molecule has 0 fully saturated rings. The number of sulfonamides is 1. The first kappa shape index (κ1) is 11.0. The monoisotopic (exact) mass is 224 g/mol. The minimum absolute atomic E-state index is 0.464. The zero-order valence-electron chi connectivity index (χ0n) is 6.67. The molecule has 1 aromatic rings. The third kappa shape index (κ3) is 2.46. The molecule has 0 aliphatic heterocycles. The summed E-state index contributed by atoms with van der Waals surface area (Å²) in [5, 5.41) is 4.65. The molecule has 0 heterocycles. The van der Waals surface area contributed by atoms with E-state index in [0.29, 0.717) is 12.1 Å². The van der Waals surface area contributed by atoms with E-state index in [1.807, 2.05) is 0 Å². The summed E-state index contributed by atoms with van der Waals surface area (Å²) in [5.74, 6) is 0. The fourth-order valence-electron chi connectivity index (χ4n) is 0.778. The summed E-state index contributed by atoms with van der Waals surface area (Å²) in [4.78, 5) is -0.604. The SMILES string of the molecule is NS(=O)(=O)c1c[c]cc(C(F)(F)F)c1. The normalized spacial score (nSPS) is 12.9. The van der Waals surface area contributed by atoms with E-state index in [0.717, 1.165) is 6.07 Å². The minimum Gasteiger partial charge on any atom is -0.225 e. The molecule has 0 bridgehead atoms. The maximum Gasteiger partial charge on any atom is 0.416 e.